The topological polar surface area (TPSA) is 66.8 Å². The van der Waals surface area contributed by atoms with Crippen LogP contribution in [-0.4, -0.2) is 22.8 Å². The van der Waals surface area contributed by atoms with E-state index >= 15 is 0 Å². The number of ether oxygens (including phenoxy) is 1. The molecule has 1 atom stereocenters. The average molecular weight is 245 g/mol. The van der Waals surface area contributed by atoms with Gasteiger partial charge in [0.05, 0.1) is 11.6 Å². The first-order chi connectivity index (χ1) is 7.39. The van der Waals surface area contributed by atoms with E-state index in [0.29, 0.717) is 12.4 Å². The lowest BCUT2D eigenvalue weighted by molar-refractivity contribution is -0.157. The van der Waals surface area contributed by atoms with Gasteiger partial charge in [0.2, 0.25) is 0 Å². The highest BCUT2D eigenvalue weighted by atomic mass is 35.5. The van der Waals surface area contributed by atoms with Gasteiger partial charge in [-0.1, -0.05) is 17.7 Å². The maximum absolute atomic E-state index is 10.8. The van der Waals surface area contributed by atoms with Gasteiger partial charge in [0.15, 0.2) is 5.60 Å². The van der Waals surface area contributed by atoms with Gasteiger partial charge in [-0.3, -0.25) is 0 Å². The molecule has 0 amide bonds. The van der Waals surface area contributed by atoms with Crippen molar-refractivity contribution in [2.45, 2.75) is 19.4 Å². The highest BCUT2D eigenvalue weighted by Crippen LogP contribution is 2.30. The van der Waals surface area contributed by atoms with Gasteiger partial charge in [0.1, 0.15) is 5.75 Å². The monoisotopic (exact) mass is 244 g/mol. The number of benzene rings is 1. The summed E-state index contributed by atoms with van der Waals surface area (Å²) >= 11 is 5.89. The Morgan fingerprint density at radius 3 is 2.62 bits per heavy atom. The Hall–Kier alpha value is -1.26. The van der Waals surface area contributed by atoms with Crippen molar-refractivity contribution in [3.8, 4) is 5.75 Å². The number of halogens is 1. The molecule has 1 aromatic rings. The van der Waals surface area contributed by atoms with Crippen LogP contribution in [0.3, 0.4) is 0 Å². The summed E-state index contributed by atoms with van der Waals surface area (Å²) in [6.07, 6.45) is 0. The molecule has 1 unspecified atom stereocenters. The standard InChI is InChI=1S/C11H13ClO4/c1-3-16-9-5-4-7(6-8(9)12)11(2,15)10(13)14/h4-6,15H,3H2,1-2H3,(H,13,14). The van der Waals surface area contributed by atoms with E-state index in [-0.39, 0.29) is 10.6 Å². The average Bonchev–Trinajstić information content (AvgIpc) is 2.21. The Balaban J connectivity index is 3.10. The number of hydrogen-bond acceptors (Lipinski definition) is 3. The Morgan fingerprint density at radius 2 is 2.19 bits per heavy atom. The van der Waals surface area contributed by atoms with Crippen LogP contribution in [0, 0.1) is 0 Å². The van der Waals surface area contributed by atoms with Crippen LogP contribution in [0.4, 0.5) is 0 Å². The minimum Gasteiger partial charge on any atom is -0.492 e. The van der Waals surface area contributed by atoms with Gasteiger partial charge in [-0.25, -0.2) is 4.79 Å². The quantitative estimate of drug-likeness (QED) is 0.851. The summed E-state index contributed by atoms with van der Waals surface area (Å²) in [5.41, 5.74) is -1.73. The van der Waals surface area contributed by atoms with Crippen molar-refractivity contribution >= 4 is 17.6 Å². The van der Waals surface area contributed by atoms with Gasteiger partial charge in [0, 0.05) is 0 Å². The van der Waals surface area contributed by atoms with E-state index in [0.717, 1.165) is 0 Å². The molecule has 0 bridgehead atoms. The minimum absolute atomic E-state index is 0.216. The predicted octanol–water partition coefficient (Wildman–Crippen LogP) is 2.03. The highest BCUT2D eigenvalue weighted by Gasteiger charge is 2.32. The van der Waals surface area contributed by atoms with Crippen LogP contribution >= 0.6 is 11.6 Å². The fourth-order valence-corrected chi connectivity index (χ4v) is 1.43. The molecule has 0 saturated heterocycles. The summed E-state index contributed by atoms with van der Waals surface area (Å²) in [7, 11) is 0. The lowest BCUT2D eigenvalue weighted by Gasteiger charge is -2.19. The maximum Gasteiger partial charge on any atom is 0.340 e. The zero-order valence-electron chi connectivity index (χ0n) is 9.03. The van der Waals surface area contributed by atoms with Crippen molar-refractivity contribution in [1.82, 2.24) is 0 Å². The maximum atomic E-state index is 10.8. The van der Waals surface area contributed by atoms with Gasteiger partial charge in [-0.15, -0.1) is 0 Å². The second kappa shape index (κ2) is 4.72. The van der Waals surface area contributed by atoms with Gasteiger partial charge < -0.3 is 14.9 Å². The molecule has 5 heteroatoms. The van der Waals surface area contributed by atoms with Crippen LogP contribution in [0.1, 0.15) is 19.4 Å². The van der Waals surface area contributed by atoms with E-state index in [2.05, 4.69) is 0 Å². The third-order valence-corrected chi connectivity index (χ3v) is 2.51. The van der Waals surface area contributed by atoms with E-state index in [1.165, 1.54) is 19.1 Å². The number of aliphatic carboxylic acids is 1. The summed E-state index contributed by atoms with van der Waals surface area (Å²) in [4.78, 5) is 10.8. The van der Waals surface area contributed by atoms with Crippen LogP contribution in [0.15, 0.2) is 18.2 Å². The van der Waals surface area contributed by atoms with Gasteiger partial charge in [0.25, 0.3) is 0 Å². The normalized spacial score (nSPS) is 14.2. The van der Waals surface area contributed by atoms with Crippen molar-refractivity contribution in [3.63, 3.8) is 0 Å². The van der Waals surface area contributed by atoms with Gasteiger partial charge in [-0.05, 0) is 31.5 Å². The van der Waals surface area contributed by atoms with Crippen LogP contribution in [0.25, 0.3) is 0 Å². The fraction of sp³-hybridized carbons (Fsp3) is 0.364. The summed E-state index contributed by atoms with van der Waals surface area (Å²) < 4.78 is 5.20. The molecule has 1 rings (SSSR count). The molecule has 0 aliphatic heterocycles. The molecule has 0 saturated carbocycles. The molecule has 2 N–H and O–H groups in total. The predicted molar refractivity (Wildman–Crippen MR) is 59.8 cm³/mol. The van der Waals surface area contributed by atoms with Crippen LogP contribution < -0.4 is 4.74 Å². The van der Waals surface area contributed by atoms with Crippen molar-refractivity contribution in [2.75, 3.05) is 6.61 Å². The van der Waals surface area contributed by atoms with E-state index in [9.17, 15) is 9.90 Å². The third-order valence-electron chi connectivity index (χ3n) is 2.21. The van der Waals surface area contributed by atoms with E-state index in [1.54, 1.807) is 6.07 Å². The van der Waals surface area contributed by atoms with Gasteiger partial charge >= 0.3 is 5.97 Å². The zero-order chi connectivity index (χ0) is 12.3. The first-order valence-electron chi connectivity index (χ1n) is 4.78. The molecule has 88 valence electrons. The summed E-state index contributed by atoms with van der Waals surface area (Å²) in [5, 5.41) is 18.8. The zero-order valence-corrected chi connectivity index (χ0v) is 9.78. The number of carbonyl (C=O) groups is 1. The second-order valence-corrected chi connectivity index (χ2v) is 3.86. The van der Waals surface area contributed by atoms with E-state index in [4.69, 9.17) is 21.4 Å². The van der Waals surface area contributed by atoms with Crippen LogP contribution in [0.2, 0.25) is 5.02 Å². The molecule has 0 heterocycles. The molecule has 0 fully saturated rings. The number of carboxylic acid groups (broad SMARTS) is 1. The molecule has 0 aliphatic rings. The van der Waals surface area contributed by atoms with Crippen LogP contribution in [-0.2, 0) is 10.4 Å². The molecule has 0 aromatic heterocycles. The fourth-order valence-electron chi connectivity index (χ4n) is 1.20. The van der Waals surface area contributed by atoms with Crippen LogP contribution in [0.5, 0.6) is 5.75 Å². The van der Waals surface area contributed by atoms with Crippen molar-refractivity contribution < 1.29 is 19.7 Å². The number of carboxylic acids is 1. The number of hydrogen-bond donors (Lipinski definition) is 2. The second-order valence-electron chi connectivity index (χ2n) is 3.46. The molecule has 0 spiro atoms. The lowest BCUT2D eigenvalue weighted by Crippen LogP contribution is -2.31. The molecule has 16 heavy (non-hydrogen) atoms. The first-order valence-corrected chi connectivity index (χ1v) is 5.16. The Kier molecular flexibility index (Phi) is 3.78. The van der Waals surface area contributed by atoms with Crippen molar-refractivity contribution in [2.24, 2.45) is 0 Å². The summed E-state index contributed by atoms with van der Waals surface area (Å²) in [5.74, 6) is -0.859. The molecule has 4 nitrogen and oxygen atoms in total. The highest BCUT2D eigenvalue weighted by molar-refractivity contribution is 6.32. The minimum atomic E-state index is -1.95. The van der Waals surface area contributed by atoms with E-state index in [1.807, 2.05) is 6.92 Å². The molecule has 0 aliphatic carbocycles. The number of rotatable bonds is 4. The first kappa shape index (κ1) is 12.8. The Bertz CT molecular complexity index is 401. The molecule has 0 radical (unpaired) electrons. The van der Waals surface area contributed by atoms with E-state index < -0.39 is 11.6 Å². The van der Waals surface area contributed by atoms with Crippen molar-refractivity contribution in [3.05, 3.63) is 28.8 Å². The SMILES string of the molecule is CCOc1ccc(C(C)(O)C(=O)O)cc1Cl. The summed E-state index contributed by atoms with van der Waals surface area (Å²) in [6.45, 7) is 3.48. The summed E-state index contributed by atoms with van der Waals surface area (Å²) in [6, 6.07) is 4.41. The molecule has 1 aromatic carbocycles. The smallest absolute Gasteiger partial charge is 0.340 e. The van der Waals surface area contributed by atoms with Crippen molar-refractivity contribution in [1.29, 1.82) is 0 Å². The largest absolute Gasteiger partial charge is 0.492 e. The molecular formula is C11H13ClO4. The lowest BCUT2D eigenvalue weighted by atomic mass is 9.96. The number of aliphatic hydroxyl groups is 1. The molecular weight excluding hydrogens is 232 g/mol. The third kappa shape index (κ3) is 2.46. The Morgan fingerprint density at radius 1 is 1.56 bits per heavy atom. The Labute approximate surface area is 98.4 Å². The van der Waals surface area contributed by atoms with Gasteiger partial charge in [-0.2, -0.15) is 0 Å².